The van der Waals surface area contributed by atoms with Crippen molar-refractivity contribution >= 4 is 29.2 Å². The lowest BCUT2D eigenvalue weighted by molar-refractivity contribution is 0.171. The van der Waals surface area contributed by atoms with E-state index in [0.717, 1.165) is 23.1 Å². The standard InChI is InChI=1S/C22H25N7O3/c1-15-13-20(27-26-15)24-19-3-2-4-21(25-19)28-7-9-29(10-8-28)22(30)23-16-5-6-17-18(14-16)32-12-11-31-17/h2-6,13-14H,7-12H2,1H3,(H,23,30)(H2,24,25,26,27). The maximum atomic E-state index is 12.7. The molecule has 0 spiro atoms. The molecule has 0 radical (unpaired) electrons. The zero-order valence-corrected chi connectivity index (χ0v) is 17.8. The van der Waals surface area contributed by atoms with Crippen molar-refractivity contribution in [2.75, 3.05) is 54.9 Å². The fourth-order valence-corrected chi connectivity index (χ4v) is 3.74. The Kier molecular flexibility index (Phi) is 5.40. The fraction of sp³-hybridized carbons (Fsp3) is 0.318. The third-order valence-electron chi connectivity index (χ3n) is 5.38. The molecule has 4 heterocycles. The van der Waals surface area contributed by atoms with Gasteiger partial charge in [0.25, 0.3) is 0 Å². The monoisotopic (exact) mass is 435 g/mol. The van der Waals surface area contributed by atoms with Crippen molar-refractivity contribution in [1.82, 2.24) is 20.1 Å². The van der Waals surface area contributed by atoms with Crippen LogP contribution in [0.25, 0.3) is 0 Å². The molecule has 0 unspecified atom stereocenters. The Morgan fingerprint density at radius 3 is 2.59 bits per heavy atom. The first kappa shape index (κ1) is 20.0. The highest BCUT2D eigenvalue weighted by Crippen LogP contribution is 2.32. The molecule has 1 aromatic carbocycles. The summed E-state index contributed by atoms with van der Waals surface area (Å²) in [4.78, 5) is 21.4. The number of carbonyl (C=O) groups excluding carboxylic acids is 1. The van der Waals surface area contributed by atoms with Crippen LogP contribution in [0.3, 0.4) is 0 Å². The second-order valence-electron chi connectivity index (χ2n) is 7.70. The van der Waals surface area contributed by atoms with Gasteiger partial charge in [0.2, 0.25) is 0 Å². The van der Waals surface area contributed by atoms with E-state index >= 15 is 0 Å². The van der Waals surface area contributed by atoms with Crippen LogP contribution in [-0.2, 0) is 0 Å². The van der Waals surface area contributed by atoms with Gasteiger partial charge in [-0.1, -0.05) is 6.07 Å². The first-order valence-corrected chi connectivity index (χ1v) is 10.6. The van der Waals surface area contributed by atoms with Gasteiger partial charge < -0.3 is 29.9 Å². The van der Waals surface area contributed by atoms with Gasteiger partial charge in [0.15, 0.2) is 17.3 Å². The molecule has 3 aromatic rings. The van der Waals surface area contributed by atoms with Gasteiger partial charge in [0, 0.05) is 49.7 Å². The summed E-state index contributed by atoms with van der Waals surface area (Å²) in [6, 6.07) is 13.1. The molecule has 2 aromatic heterocycles. The quantitative estimate of drug-likeness (QED) is 0.578. The Morgan fingerprint density at radius 2 is 1.81 bits per heavy atom. The number of aryl methyl sites for hydroxylation is 1. The topological polar surface area (TPSA) is 108 Å². The molecular weight excluding hydrogens is 410 g/mol. The molecule has 166 valence electrons. The first-order chi connectivity index (χ1) is 15.6. The number of nitrogens with one attached hydrogen (secondary N) is 3. The largest absolute Gasteiger partial charge is 0.486 e. The van der Waals surface area contributed by atoms with Crippen molar-refractivity contribution in [2.45, 2.75) is 6.92 Å². The summed E-state index contributed by atoms with van der Waals surface area (Å²) in [6.07, 6.45) is 0. The number of hydrogen-bond acceptors (Lipinski definition) is 7. The molecule has 1 saturated heterocycles. The Hall–Kier alpha value is -3.95. The second kappa shape index (κ2) is 8.66. The average molecular weight is 435 g/mol. The van der Waals surface area contributed by atoms with Crippen molar-refractivity contribution in [1.29, 1.82) is 0 Å². The summed E-state index contributed by atoms with van der Waals surface area (Å²) >= 11 is 0. The number of hydrogen-bond donors (Lipinski definition) is 3. The zero-order valence-electron chi connectivity index (χ0n) is 17.8. The number of aromatic amines is 1. The molecule has 2 amide bonds. The number of anilines is 4. The number of benzene rings is 1. The van der Waals surface area contributed by atoms with Crippen molar-refractivity contribution in [3.05, 3.63) is 48.2 Å². The van der Waals surface area contributed by atoms with Crippen molar-refractivity contribution < 1.29 is 14.3 Å². The predicted octanol–water partition coefficient (Wildman–Crippen LogP) is 2.98. The summed E-state index contributed by atoms with van der Waals surface area (Å²) < 4.78 is 11.1. The van der Waals surface area contributed by atoms with Gasteiger partial charge >= 0.3 is 6.03 Å². The highest BCUT2D eigenvalue weighted by Gasteiger charge is 2.23. The maximum Gasteiger partial charge on any atom is 0.321 e. The van der Waals surface area contributed by atoms with E-state index in [-0.39, 0.29) is 6.03 Å². The van der Waals surface area contributed by atoms with Crippen molar-refractivity contribution in [3.63, 3.8) is 0 Å². The van der Waals surface area contributed by atoms with Gasteiger partial charge in [0.05, 0.1) is 0 Å². The Bertz CT molecular complexity index is 1110. The summed E-state index contributed by atoms with van der Waals surface area (Å²) in [6.45, 7) is 5.62. The van der Waals surface area contributed by atoms with Crippen molar-refractivity contribution in [3.8, 4) is 11.5 Å². The molecule has 10 nitrogen and oxygen atoms in total. The molecule has 5 rings (SSSR count). The molecule has 0 atom stereocenters. The number of fused-ring (bicyclic) bond motifs is 1. The summed E-state index contributed by atoms with van der Waals surface area (Å²) in [5.41, 5.74) is 1.67. The van der Waals surface area contributed by atoms with Crippen LogP contribution in [-0.4, -0.2) is 65.5 Å². The fourth-order valence-electron chi connectivity index (χ4n) is 3.74. The Labute approximate surface area is 185 Å². The highest BCUT2D eigenvalue weighted by molar-refractivity contribution is 5.90. The number of nitrogens with zero attached hydrogens (tertiary/aromatic N) is 4. The van der Waals surface area contributed by atoms with Crippen LogP contribution < -0.4 is 25.0 Å². The number of pyridine rings is 1. The van der Waals surface area contributed by atoms with E-state index < -0.39 is 0 Å². The van der Waals surface area contributed by atoms with Crippen molar-refractivity contribution in [2.24, 2.45) is 0 Å². The molecule has 0 bridgehead atoms. The number of aromatic nitrogens is 3. The molecule has 2 aliphatic rings. The van der Waals surface area contributed by atoms with Crippen LogP contribution in [0.1, 0.15) is 5.69 Å². The summed E-state index contributed by atoms with van der Waals surface area (Å²) in [5, 5.41) is 13.3. The second-order valence-corrected chi connectivity index (χ2v) is 7.70. The van der Waals surface area contributed by atoms with Crippen LogP contribution >= 0.6 is 0 Å². The lowest BCUT2D eigenvalue weighted by Crippen LogP contribution is -2.50. The number of H-pyrrole nitrogens is 1. The molecular formula is C22H25N7O3. The van der Waals surface area contributed by atoms with E-state index in [0.29, 0.717) is 56.6 Å². The van der Waals surface area contributed by atoms with Crippen LogP contribution in [0.5, 0.6) is 11.5 Å². The number of rotatable bonds is 4. The number of ether oxygens (including phenoxy) is 2. The van der Waals surface area contributed by atoms with E-state index in [1.54, 1.807) is 6.07 Å². The minimum Gasteiger partial charge on any atom is -0.486 e. The van der Waals surface area contributed by atoms with E-state index in [1.165, 1.54) is 0 Å². The SMILES string of the molecule is Cc1cc(Nc2cccc(N3CCN(C(=O)Nc4ccc5c(c4)OCCO5)CC3)n2)n[nH]1. The normalized spacial score (nSPS) is 15.4. The van der Waals surface area contributed by atoms with Crippen LogP contribution in [0.15, 0.2) is 42.5 Å². The highest BCUT2D eigenvalue weighted by atomic mass is 16.6. The Balaban J connectivity index is 1.17. The molecule has 0 saturated carbocycles. The van der Waals surface area contributed by atoms with Gasteiger partial charge in [0.1, 0.15) is 24.8 Å². The average Bonchev–Trinajstić information content (AvgIpc) is 3.23. The minimum absolute atomic E-state index is 0.126. The third kappa shape index (κ3) is 4.39. The summed E-state index contributed by atoms with van der Waals surface area (Å²) in [5.74, 6) is 3.69. The number of carbonyl (C=O) groups is 1. The lowest BCUT2D eigenvalue weighted by Gasteiger charge is -2.35. The van der Waals surface area contributed by atoms with Gasteiger partial charge in [-0.05, 0) is 31.2 Å². The van der Waals surface area contributed by atoms with E-state index in [2.05, 4.69) is 25.7 Å². The number of piperazine rings is 1. The van der Waals surface area contributed by atoms with Gasteiger partial charge in [-0.15, -0.1) is 0 Å². The van der Waals surface area contributed by atoms with Crippen LogP contribution in [0, 0.1) is 6.92 Å². The zero-order chi connectivity index (χ0) is 21.9. The number of urea groups is 1. The van der Waals surface area contributed by atoms with E-state index in [1.807, 2.05) is 48.2 Å². The van der Waals surface area contributed by atoms with E-state index in [9.17, 15) is 4.79 Å². The minimum atomic E-state index is -0.126. The molecule has 0 aliphatic carbocycles. The lowest BCUT2D eigenvalue weighted by atomic mass is 10.2. The third-order valence-corrected chi connectivity index (χ3v) is 5.38. The predicted molar refractivity (Wildman–Crippen MR) is 121 cm³/mol. The molecule has 10 heteroatoms. The molecule has 32 heavy (non-hydrogen) atoms. The smallest absolute Gasteiger partial charge is 0.321 e. The van der Waals surface area contributed by atoms with Gasteiger partial charge in [-0.25, -0.2) is 9.78 Å². The molecule has 3 N–H and O–H groups in total. The first-order valence-electron chi connectivity index (χ1n) is 10.6. The summed E-state index contributed by atoms with van der Waals surface area (Å²) in [7, 11) is 0. The maximum absolute atomic E-state index is 12.7. The molecule has 1 fully saturated rings. The van der Waals surface area contributed by atoms with Crippen LogP contribution in [0.4, 0.5) is 27.9 Å². The number of amides is 2. The molecule has 2 aliphatic heterocycles. The van der Waals surface area contributed by atoms with Gasteiger partial charge in [-0.3, -0.25) is 5.10 Å². The van der Waals surface area contributed by atoms with Gasteiger partial charge in [-0.2, -0.15) is 5.10 Å². The Morgan fingerprint density at radius 1 is 1.00 bits per heavy atom. The van der Waals surface area contributed by atoms with E-state index in [4.69, 9.17) is 14.5 Å². The van der Waals surface area contributed by atoms with Crippen LogP contribution in [0.2, 0.25) is 0 Å².